The maximum Gasteiger partial charge on any atom is 0.240 e. The Morgan fingerprint density at radius 3 is 1.37 bits per heavy atom. The normalized spacial score (nSPS) is 9.26. The summed E-state index contributed by atoms with van der Waals surface area (Å²) < 4.78 is 0. The van der Waals surface area contributed by atoms with Gasteiger partial charge in [-0.25, -0.2) is 9.59 Å². The van der Waals surface area contributed by atoms with E-state index in [-0.39, 0.29) is 0 Å². The van der Waals surface area contributed by atoms with Gasteiger partial charge in [-0.1, -0.05) is 11.8 Å². The molecule has 0 heterocycles. The number of nitrogens with zero attached hydrogens (tertiary/aromatic N) is 2. The zero-order valence-corrected chi connectivity index (χ0v) is 10.6. The van der Waals surface area contributed by atoms with Crippen LogP contribution in [0.1, 0.15) is 0 Å². The SMILES string of the molecule is O=C=Nc1ccc(Sc2ccc(N=C=O)cc2)cc1. The van der Waals surface area contributed by atoms with Crippen LogP contribution < -0.4 is 0 Å². The molecule has 0 saturated heterocycles. The van der Waals surface area contributed by atoms with Crippen molar-refractivity contribution in [2.75, 3.05) is 0 Å². The van der Waals surface area contributed by atoms with Gasteiger partial charge in [0, 0.05) is 9.79 Å². The fourth-order valence-electron chi connectivity index (χ4n) is 1.42. The fourth-order valence-corrected chi connectivity index (χ4v) is 2.24. The zero-order valence-electron chi connectivity index (χ0n) is 9.74. The van der Waals surface area contributed by atoms with Gasteiger partial charge >= 0.3 is 0 Å². The van der Waals surface area contributed by atoms with E-state index >= 15 is 0 Å². The van der Waals surface area contributed by atoms with Gasteiger partial charge < -0.3 is 0 Å². The van der Waals surface area contributed by atoms with Crippen LogP contribution in [0.4, 0.5) is 11.4 Å². The number of hydrogen-bond acceptors (Lipinski definition) is 5. The molecule has 0 aliphatic carbocycles. The predicted octanol–water partition coefficient (Wildman–Crippen LogP) is 3.77. The van der Waals surface area contributed by atoms with Gasteiger partial charge in [0.15, 0.2) is 0 Å². The highest BCUT2D eigenvalue weighted by Crippen LogP contribution is 2.30. The van der Waals surface area contributed by atoms with Crippen LogP contribution >= 0.6 is 11.8 Å². The molecule has 0 radical (unpaired) electrons. The van der Waals surface area contributed by atoms with Gasteiger partial charge in [-0.2, -0.15) is 9.98 Å². The maximum atomic E-state index is 10.1. The van der Waals surface area contributed by atoms with Crippen molar-refractivity contribution >= 4 is 35.3 Å². The Morgan fingerprint density at radius 1 is 0.684 bits per heavy atom. The summed E-state index contributed by atoms with van der Waals surface area (Å²) in [7, 11) is 0. The van der Waals surface area contributed by atoms with Crippen molar-refractivity contribution in [1.29, 1.82) is 0 Å². The lowest BCUT2D eigenvalue weighted by atomic mass is 10.3. The Balaban J connectivity index is 2.11. The highest BCUT2D eigenvalue weighted by Gasteiger charge is 1.98. The molecule has 0 atom stereocenters. The summed E-state index contributed by atoms with van der Waals surface area (Å²) in [4.78, 5) is 29.3. The van der Waals surface area contributed by atoms with E-state index in [1.807, 2.05) is 24.3 Å². The molecule has 2 aromatic rings. The molecule has 0 saturated carbocycles. The molecule has 0 aliphatic rings. The van der Waals surface area contributed by atoms with Crippen molar-refractivity contribution < 1.29 is 9.59 Å². The van der Waals surface area contributed by atoms with E-state index in [0.717, 1.165) is 9.79 Å². The summed E-state index contributed by atoms with van der Waals surface area (Å²) in [6.45, 7) is 0. The van der Waals surface area contributed by atoms with Gasteiger partial charge in [-0.15, -0.1) is 0 Å². The third kappa shape index (κ3) is 3.76. The van der Waals surface area contributed by atoms with Crippen molar-refractivity contribution in [2.24, 2.45) is 9.98 Å². The summed E-state index contributed by atoms with van der Waals surface area (Å²) >= 11 is 1.56. The molecule has 0 aliphatic heterocycles. The minimum Gasteiger partial charge on any atom is -0.211 e. The Labute approximate surface area is 113 Å². The molecule has 5 heteroatoms. The van der Waals surface area contributed by atoms with E-state index in [1.54, 1.807) is 36.0 Å². The average molecular weight is 268 g/mol. The first-order chi connectivity index (χ1) is 9.31. The van der Waals surface area contributed by atoms with E-state index in [0.29, 0.717) is 11.4 Å². The lowest BCUT2D eigenvalue weighted by Gasteiger charge is -2.01. The topological polar surface area (TPSA) is 58.9 Å². The molecular formula is C14H8N2O2S. The van der Waals surface area contributed by atoms with Gasteiger partial charge in [-0.05, 0) is 48.5 Å². The number of benzene rings is 2. The second-order valence-corrected chi connectivity index (χ2v) is 4.64. The molecule has 0 unspecified atom stereocenters. The Bertz CT molecular complexity index is 593. The van der Waals surface area contributed by atoms with Crippen molar-refractivity contribution in [2.45, 2.75) is 9.79 Å². The number of aliphatic imine (C=N–C) groups is 2. The molecule has 0 fully saturated rings. The van der Waals surface area contributed by atoms with Crippen LogP contribution in [-0.4, -0.2) is 12.2 Å². The highest BCUT2D eigenvalue weighted by atomic mass is 32.2. The van der Waals surface area contributed by atoms with Gasteiger partial charge in [0.25, 0.3) is 0 Å². The molecule has 2 rings (SSSR count). The van der Waals surface area contributed by atoms with E-state index in [4.69, 9.17) is 0 Å². The van der Waals surface area contributed by atoms with E-state index < -0.39 is 0 Å². The fraction of sp³-hybridized carbons (Fsp3) is 0. The first-order valence-electron chi connectivity index (χ1n) is 5.35. The summed E-state index contributed by atoms with van der Waals surface area (Å²) in [5.74, 6) is 0. The Kier molecular flexibility index (Phi) is 4.43. The molecule has 0 spiro atoms. The highest BCUT2D eigenvalue weighted by molar-refractivity contribution is 7.99. The van der Waals surface area contributed by atoms with E-state index in [1.165, 1.54) is 12.2 Å². The van der Waals surface area contributed by atoms with Crippen LogP contribution in [0.2, 0.25) is 0 Å². The Morgan fingerprint density at radius 2 is 1.05 bits per heavy atom. The standard InChI is InChI=1S/C14H8N2O2S/c17-9-15-11-1-5-13(6-2-11)19-14-7-3-12(4-8-14)16-10-18/h1-8H. The molecule has 0 bridgehead atoms. The molecule has 19 heavy (non-hydrogen) atoms. The molecule has 0 aromatic heterocycles. The third-order valence-corrected chi connectivity index (χ3v) is 3.27. The van der Waals surface area contributed by atoms with Crippen molar-refractivity contribution in [3.05, 3.63) is 48.5 Å². The summed E-state index contributed by atoms with van der Waals surface area (Å²) in [6.07, 6.45) is 3.00. The maximum absolute atomic E-state index is 10.1. The van der Waals surface area contributed by atoms with Gasteiger partial charge in [0.05, 0.1) is 11.4 Å². The van der Waals surface area contributed by atoms with Crippen molar-refractivity contribution in [1.82, 2.24) is 0 Å². The van der Waals surface area contributed by atoms with Crippen LogP contribution in [-0.2, 0) is 9.59 Å². The second kappa shape index (κ2) is 6.47. The van der Waals surface area contributed by atoms with Gasteiger partial charge in [0.1, 0.15) is 0 Å². The van der Waals surface area contributed by atoms with Crippen LogP contribution in [0.25, 0.3) is 0 Å². The van der Waals surface area contributed by atoms with Crippen LogP contribution in [0.15, 0.2) is 68.3 Å². The molecular weight excluding hydrogens is 260 g/mol. The summed E-state index contributed by atoms with van der Waals surface area (Å²) in [5, 5.41) is 0. The average Bonchev–Trinajstić information content (AvgIpc) is 2.44. The number of rotatable bonds is 4. The molecule has 2 aromatic carbocycles. The molecule has 0 N–H and O–H groups in total. The molecule has 92 valence electrons. The van der Waals surface area contributed by atoms with Crippen molar-refractivity contribution in [3.8, 4) is 0 Å². The number of isocyanates is 2. The molecule has 4 nitrogen and oxygen atoms in total. The van der Waals surface area contributed by atoms with Gasteiger partial charge in [0.2, 0.25) is 12.2 Å². The smallest absolute Gasteiger partial charge is 0.211 e. The van der Waals surface area contributed by atoms with E-state index in [2.05, 4.69) is 9.98 Å². The monoisotopic (exact) mass is 268 g/mol. The first kappa shape index (κ1) is 13.0. The van der Waals surface area contributed by atoms with Crippen LogP contribution in [0, 0.1) is 0 Å². The summed E-state index contributed by atoms with van der Waals surface area (Å²) in [6, 6.07) is 14.5. The minimum atomic E-state index is 0.579. The zero-order chi connectivity index (χ0) is 13.5. The first-order valence-corrected chi connectivity index (χ1v) is 6.17. The second-order valence-electron chi connectivity index (χ2n) is 3.50. The number of carbonyl (C=O) groups excluding carboxylic acids is 2. The largest absolute Gasteiger partial charge is 0.240 e. The van der Waals surface area contributed by atoms with Gasteiger partial charge in [-0.3, -0.25) is 0 Å². The predicted molar refractivity (Wildman–Crippen MR) is 72.6 cm³/mol. The third-order valence-electron chi connectivity index (χ3n) is 2.26. The lowest BCUT2D eigenvalue weighted by molar-refractivity contribution is 0.564. The number of hydrogen-bond donors (Lipinski definition) is 0. The Hall–Kier alpha value is -2.45. The van der Waals surface area contributed by atoms with E-state index in [9.17, 15) is 9.59 Å². The quantitative estimate of drug-likeness (QED) is 0.626. The summed E-state index contributed by atoms with van der Waals surface area (Å²) in [5.41, 5.74) is 1.16. The van der Waals surface area contributed by atoms with Crippen LogP contribution in [0.3, 0.4) is 0 Å². The van der Waals surface area contributed by atoms with Crippen molar-refractivity contribution in [3.63, 3.8) is 0 Å². The lowest BCUT2D eigenvalue weighted by Crippen LogP contribution is -1.73. The van der Waals surface area contributed by atoms with Crippen LogP contribution in [0.5, 0.6) is 0 Å². The molecule has 0 amide bonds. The minimum absolute atomic E-state index is 0.579.